The number of carboxylic acid groups (broad SMARTS) is 1. The van der Waals surface area contributed by atoms with Gasteiger partial charge in [-0.3, -0.25) is 14.4 Å². The van der Waals surface area contributed by atoms with Gasteiger partial charge in [0.25, 0.3) is 0 Å². The monoisotopic (exact) mass is 292 g/mol. The summed E-state index contributed by atoms with van der Waals surface area (Å²) in [4.78, 5) is 35.1. The highest BCUT2D eigenvalue weighted by Crippen LogP contribution is 2.37. The molecule has 116 valence electrons. The molecule has 1 aliphatic rings. The molecular weight excluding hydrogens is 268 g/mol. The third-order valence-electron chi connectivity index (χ3n) is 3.81. The highest BCUT2D eigenvalue weighted by molar-refractivity contribution is 6.20. The zero-order valence-corrected chi connectivity index (χ0v) is 13.4. The molecule has 0 aliphatic heterocycles. The second-order valence-electron chi connectivity index (χ2n) is 7.23. The first-order valence-electron chi connectivity index (χ1n) is 7.20. The average Bonchev–Trinajstić information content (AvgIpc) is 2.29. The Bertz CT molecular complexity index is 527. The van der Waals surface area contributed by atoms with E-state index in [1.165, 1.54) is 12.2 Å². The van der Waals surface area contributed by atoms with E-state index in [9.17, 15) is 14.4 Å². The van der Waals surface area contributed by atoms with Crippen molar-refractivity contribution >= 4 is 17.5 Å². The minimum Gasteiger partial charge on any atom is -0.481 e. The smallest absolute Gasteiger partial charge is 0.303 e. The van der Waals surface area contributed by atoms with Gasteiger partial charge in [-0.2, -0.15) is 0 Å². The molecule has 0 aromatic rings. The van der Waals surface area contributed by atoms with Gasteiger partial charge in [-0.1, -0.05) is 34.6 Å². The fourth-order valence-electron chi connectivity index (χ4n) is 2.49. The summed E-state index contributed by atoms with van der Waals surface area (Å²) in [5.41, 5.74) is 0.146. The zero-order valence-electron chi connectivity index (χ0n) is 13.4. The van der Waals surface area contributed by atoms with E-state index >= 15 is 0 Å². The van der Waals surface area contributed by atoms with E-state index in [4.69, 9.17) is 5.11 Å². The first kappa shape index (κ1) is 17.3. The van der Waals surface area contributed by atoms with Crippen molar-refractivity contribution in [2.75, 3.05) is 0 Å². The Balaban J connectivity index is 2.93. The summed E-state index contributed by atoms with van der Waals surface area (Å²) in [6.45, 7) is 9.46. The van der Waals surface area contributed by atoms with Crippen LogP contribution in [0.2, 0.25) is 0 Å². The van der Waals surface area contributed by atoms with Gasteiger partial charge >= 0.3 is 5.97 Å². The Morgan fingerprint density at radius 2 is 1.48 bits per heavy atom. The van der Waals surface area contributed by atoms with Crippen LogP contribution in [0.4, 0.5) is 0 Å². The summed E-state index contributed by atoms with van der Waals surface area (Å²) in [6.07, 6.45) is 3.99. The molecule has 0 heterocycles. The van der Waals surface area contributed by atoms with Gasteiger partial charge in [0, 0.05) is 17.6 Å². The molecule has 0 amide bonds. The maximum Gasteiger partial charge on any atom is 0.303 e. The summed E-state index contributed by atoms with van der Waals surface area (Å²) >= 11 is 0. The molecular formula is C17H24O4. The Kier molecular flexibility index (Phi) is 4.92. The van der Waals surface area contributed by atoms with Crippen molar-refractivity contribution in [1.82, 2.24) is 0 Å². The normalized spacial score (nSPS) is 16.6. The lowest BCUT2D eigenvalue weighted by atomic mass is 9.72. The highest BCUT2D eigenvalue weighted by atomic mass is 16.4. The molecule has 0 aromatic carbocycles. The molecule has 0 spiro atoms. The van der Waals surface area contributed by atoms with Gasteiger partial charge in [0.2, 0.25) is 0 Å². The topological polar surface area (TPSA) is 71.4 Å². The number of carbonyl (C=O) groups excluding carboxylic acids is 2. The number of hydrogen-bond donors (Lipinski definition) is 1. The van der Waals surface area contributed by atoms with E-state index in [2.05, 4.69) is 0 Å². The van der Waals surface area contributed by atoms with E-state index in [0.29, 0.717) is 24.0 Å². The van der Waals surface area contributed by atoms with Gasteiger partial charge in [0.1, 0.15) is 0 Å². The van der Waals surface area contributed by atoms with Crippen molar-refractivity contribution in [3.05, 3.63) is 23.3 Å². The van der Waals surface area contributed by atoms with E-state index < -0.39 is 11.4 Å². The minimum atomic E-state index is -0.847. The van der Waals surface area contributed by atoms with Gasteiger partial charge in [-0.25, -0.2) is 0 Å². The number of hydrogen-bond acceptors (Lipinski definition) is 3. The molecule has 0 aromatic heterocycles. The highest BCUT2D eigenvalue weighted by Gasteiger charge is 2.34. The third-order valence-corrected chi connectivity index (χ3v) is 3.81. The number of rotatable bonds is 5. The van der Waals surface area contributed by atoms with E-state index in [-0.39, 0.29) is 23.4 Å². The molecule has 1 rings (SSSR count). The Morgan fingerprint density at radius 1 is 1.00 bits per heavy atom. The van der Waals surface area contributed by atoms with Crippen LogP contribution >= 0.6 is 0 Å². The largest absolute Gasteiger partial charge is 0.481 e. The van der Waals surface area contributed by atoms with Gasteiger partial charge in [-0.05, 0) is 35.8 Å². The van der Waals surface area contributed by atoms with Crippen LogP contribution in [0.1, 0.15) is 53.9 Å². The Labute approximate surface area is 125 Å². The summed E-state index contributed by atoms with van der Waals surface area (Å²) in [5.74, 6) is -1.11. The zero-order chi connectivity index (χ0) is 16.4. The van der Waals surface area contributed by atoms with Crippen molar-refractivity contribution in [2.45, 2.75) is 53.9 Å². The summed E-state index contributed by atoms with van der Waals surface area (Å²) < 4.78 is 0. The SMILES string of the molecule is CC(C)(C)C1=CC(=O)C(C(C)(C)CCCC(=O)O)=CC1=O. The van der Waals surface area contributed by atoms with Gasteiger partial charge < -0.3 is 5.11 Å². The quantitative estimate of drug-likeness (QED) is 0.789. The Morgan fingerprint density at radius 3 is 1.95 bits per heavy atom. The van der Waals surface area contributed by atoms with Crippen molar-refractivity contribution in [1.29, 1.82) is 0 Å². The molecule has 0 atom stereocenters. The van der Waals surface area contributed by atoms with Crippen molar-refractivity contribution < 1.29 is 19.5 Å². The molecule has 1 N–H and O–H groups in total. The lowest BCUT2D eigenvalue weighted by Gasteiger charge is -2.30. The van der Waals surface area contributed by atoms with Crippen LogP contribution in [0.5, 0.6) is 0 Å². The lowest BCUT2D eigenvalue weighted by molar-refractivity contribution is -0.137. The molecule has 4 heteroatoms. The average molecular weight is 292 g/mol. The standard InChI is InChI=1S/C17H24O4/c1-16(2,3)11-9-14(19)12(10-13(11)18)17(4,5)8-6-7-15(20)21/h9-10H,6-8H2,1-5H3,(H,20,21). The molecule has 0 saturated heterocycles. The van der Waals surface area contributed by atoms with Crippen molar-refractivity contribution in [3.8, 4) is 0 Å². The lowest BCUT2D eigenvalue weighted by Crippen LogP contribution is -2.28. The maximum absolute atomic E-state index is 12.3. The van der Waals surface area contributed by atoms with Crippen molar-refractivity contribution in [3.63, 3.8) is 0 Å². The van der Waals surface area contributed by atoms with Gasteiger partial charge in [0.05, 0.1) is 0 Å². The van der Waals surface area contributed by atoms with E-state index in [1.54, 1.807) is 0 Å². The molecule has 21 heavy (non-hydrogen) atoms. The van der Waals surface area contributed by atoms with Crippen LogP contribution in [0.3, 0.4) is 0 Å². The second kappa shape index (κ2) is 5.96. The summed E-state index contributed by atoms with van der Waals surface area (Å²) in [6, 6.07) is 0. The number of aliphatic carboxylic acids is 1. The third kappa shape index (κ3) is 4.38. The minimum absolute atomic E-state index is 0.0714. The first-order chi connectivity index (χ1) is 9.45. The van der Waals surface area contributed by atoms with Crippen LogP contribution in [-0.2, 0) is 14.4 Å². The van der Waals surface area contributed by atoms with Crippen molar-refractivity contribution in [2.24, 2.45) is 10.8 Å². The molecule has 0 fully saturated rings. The molecule has 1 aliphatic carbocycles. The van der Waals surface area contributed by atoms with E-state index in [1.807, 2.05) is 34.6 Å². The van der Waals surface area contributed by atoms with Crippen LogP contribution < -0.4 is 0 Å². The molecule has 0 bridgehead atoms. The Hall–Kier alpha value is -1.71. The van der Waals surface area contributed by atoms with Crippen LogP contribution in [0.25, 0.3) is 0 Å². The number of allylic oxidation sites excluding steroid dienone is 4. The van der Waals surface area contributed by atoms with Crippen LogP contribution in [-0.4, -0.2) is 22.6 Å². The fraction of sp³-hybridized carbons (Fsp3) is 0.588. The number of carboxylic acids is 1. The number of ketones is 2. The predicted molar refractivity (Wildman–Crippen MR) is 80.9 cm³/mol. The van der Waals surface area contributed by atoms with Crippen LogP contribution in [0.15, 0.2) is 23.3 Å². The molecule has 0 unspecified atom stereocenters. The maximum atomic E-state index is 12.3. The fourth-order valence-corrected chi connectivity index (χ4v) is 2.49. The molecule has 0 radical (unpaired) electrons. The second-order valence-corrected chi connectivity index (χ2v) is 7.23. The molecule has 4 nitrogen and oxygen atoms in total. The van der Waals surface area contributed by atoms with Gasteiger partial charge in [-0.15, -0.1) is 0 Å². The summed E-state index contributed by atoms with van der Waals surface area (Å²) in [7, 11) is 0. The van der Waals surface area contributed by atoms with E-state index in [0.717, 1.165) is 0 Å². The summed E-state index contributed by atoms with van der Waals surface area (Å²) in [5, 5.41) is 8.69. The predicted octanol–water partition coefficient (Wildman–Crippen LogP) is 3.32. The van der Waals surface area contributed by atoms with Crippen LogP contribution in [0, 0.1) is 10.8 Å². The first-order valence-corrected chi connectivity index (χ1v) is 7.20. The number of carbonyl (C=O) groups is 3. The van der Waals surface area contributed by atoms with Gasteiger partial charge in [0.15, 0.2) is 11.6 Å². The molecule has 0 saturated carbocycles.